The van der Waals surface area contributed by atoms with Crippen molar-refractivity contribution in [2.45, 2.75) is 24.0 Å². The number of nitrogens with zero attached hydrogens (tertiary/aromatic N) is 1. The normalized spacial score (nSPS) is 21.6. The highest BCUT2D eigenvalue weighted by Crippen LogP contribution is 2.43. The highest BCUT2D eigenvalue weighted by Gasteiger charge is 2.65. The number of hydrogen-bond donors (Lipinski definition) is 4. The van der Waals surface area contributed by atoms with Crippen LogP contribution in [-0.2, 0) is 27.3 Å². The molecule has 166 valence electrons. The summed E-state index contributed by atoms with van der Waals surface area (Å²) in [6.45, 7) is 0.210. The lowest BCUT2D eigenvalue weighted by atomic mass is 9.95. The summed E-state index contributed by atoms with van der Waals surface area (Å²) < 4.78 is 4.96. The van der Waals surface area contributed by atoms with E-state index >= 15 is 0 Å². The Morgan fingerprint density at radius 1 is 1.16 bits per heavy atom. The lowest BCUT2D eigenvalue weighted by molar-refractivity contribution is -0.160. The Kier molecular flexibility index (Phi) is 5.91. The van der Waals surface area contributed by atoms with E-state index in [0.29, 0.717) is 11.3 Å². The summed E-state index contributed by atoms with van der Waals surface area (Å²) in [6, 6.07) is 10.1. The molecule has 2 aliphatic heterocycles. The maximum Gasteiger partial charge on any atom is 0.352 e. The maximum absolute atomic E-state index is 13.1. The van der Waals surface area contributed by atoms with Crippen molar-refractivity contribution in [3.8, 4) is 0 Å². The number of carboxylic acids is 1. The van der Waals surface area contributed by atoms with Crippen LogP contribution in [0.4, 0.5) is 4.79 Å². The van der Waals surface area contributed by atoms with Gasteiger partial charge in [0.2, 0.25) is 11.6 Å². The summed E-state index contributed by atoms with van der Waals surface area (Å²) in [5.41, 5.74) is -0.506. The van der Waals surface area contributed by atoms with Gasteiger partial charge in [0.15, 0.2) is 0 Å². The van der Waals surface area contributed by atoms with Crippen LogP contribution in [0.25, 0.3) is 0 Å². The van der Waals surface area contributed by atoms with E-state index in [0.717, 1.165) is 10.5 Å². The molecule has 1 saturated heterocycles. The number of amides is 4. The zero-order valence-corrected chi connectivity index (χ0v) is 17.6. The Bertz CT molecular complexity index is 1070. The van der Waals surface area contributed by atoms with Gasteiger partial charge in [0, 0.05) is 12.3 Å². The molecule has 32 heavy (non-hydrogen) atoms. The highest BCUT2D eigenvalue weighted by molar-refractivity contribution is 8.00. The number of β-lactam (4-membered cyclic amide) rings is 1. The molecule has 0 aliphatic carbocycles. The molecule has 0 spiro atoms. The number of carbonyl (C=O) groups is 4. The van der Waals surface area contributed by atoms with Crippen molar-refractivity contribution in [3.05, 3.63) is 71.8 Å². The second-order valence-electron chi connectivity index (χ2n) is 7.21. The summed E-state index contributed by atoms with van der Waals surface area (Å²) in [5.74, 6) is -2.19. The van der Waals surface area contributed by atoms with Gasteiger partial charge >= 0.3 is 12.0 Å². The van der Waals surface area contributed by atoms with Crippen molar-refractivity contribution in [2.75, 3.05) is 5.75 Å². The number of aliphatic carboxylic acids is 1. The van der Waals surface area contributed by atoms with Crippen molar-refractivity contribution < 1.29 is 28.7 Å². The smallest absolute Gasteiger partial charge is 0.352 e. The number of thioether (sulfide) groups is 1. The summed E-state index contributed by atoms with van der Waals surface area (Å²) in [6.07, 6.45) is 4.18. The van der Waals surface area contributed by atoms with Gasteiger partial charge in [0.1, 0.15) is 11.1 Å². The third-order valence-corrected chi connectivity index (χ3v) is 6.30. The van der Waals surface area contributed by atoms with Gasteiger partial charge in [-0.25, -0.2) is 9.59 Å². The fourth-order valence-corrected chi connectivity index (χ4v) is 4.84. The van der Waals surface area contributed by atoms with Crippen molar-refractivity contribution in [1.29, 1.82) is 0 Å². The van der Waals surface area contributed by atoms with E-state index < -0.39 is 34.9 Å². The molecule has 3 heterocycles. The molecule has 0 saturated carbocycles. The number of benzene rings is 1. The van der Waals surface area contributed by atoms with Crippen LogP contribution in [-0.4, -0.2) is 50.6 Å². The van der Waals surface area contributed by atoms with E-state index in [-0.39, 0.29) is 18.7 Å². The number of furan rings is 1. The molecule has 4 N–H and O–H groups in total. The minimum Gasteiger partial charge on any atom is -0.477 e. The monoisotopic (exact) mass is 456 g/mol. The average Bonchev–Trinajstić information content (AvgIpc) is 3.30. The molecule has 1 fully saturated rings. The van der Waals surface area contributed by atoms with Gasteiger partial charge in [0.05, 0.1) is 18.9 Å². The Balaban J connectivity index is 1.52. The molecule has 2 atom stereocenters. The largest absolute Gasteiger partial charge is 0.477 e. The number of hydrogen-bond acceptors (Lipinski definition) is 6. The lowest BCUT2D eigenvalue weighted by Gasteiger charge is -2.56. The van der Waals surface area contributed by atoms with Crippen molar-refractivity contribution >= 4 is 35.6 Å². The van der Waals surface area contributed by atoms with E-state index in [4.69, 9.17) is 4.42 Å². The van der Waals surface area contributed by atoms with Crippen LogP contribution >= 0.6 is 11.8 Å². The quantitative estimate of drug-likeness (QED) is 0.360. The van der Waals surface area contributed by atoms with Gasteiger partial charge in [-0.2, -0.15) is 0 Å². The van der Waals surface area contributed by atoms with E-state index in [1.165, 1.54) is 30.4 Å². The first-order valence-electron chi connectivity index (χ1n) is 9.71. The number of urea groups is 1. The predicted octanol–water partition coefficient (Wildman–Crippen LogP) is 1.02. The third kappa shape index (κ3) is 4.06. The molecule has 1 aromatic heterocycles. The van der Waals surface area contributed by atoms with Crippen LogP contribution in [0.3, 0.4) is 0 Å². The molecule has 2 aliphatic rings. The SMILES string of the molecule is O=C(Cc1ccoc1)NC1(NC(=O)NCc2ccccc2)C(=O)N2C(C(=O)O)=CCS[C@H]21. The fraction of sp³-hybridized carbons (Fsp3) is 0.238. The Hall–Kier alpha value is -3.73. The average molecular weight is 456 g/mol. The standard InChI is InChI=1S/C21H20N4O6S/c26-16(10-14-6-8-31-12-14)23-21(24-20(30)22-11-13-4-2-1-3-5-13)18(29)25-15(17(27)28)7-9-32-19(21)25/h1-8,12,19H,9-11H2,(H,23,26)(H,27,28)(H2,22,24,30)/t19-,21?/m0/s1. The fourth-order valence-electron chi connectivity index (χ4n) is 3.58. The van der Waals surface area contributed by atoms with Gasteiger partial charge in [0.25, 0.3) is 5.91 Å². The van der Waals surface area contributed by atoms with E-state index in [2.05, 4.69) is 16.0 Å². The van der Waals surface area contributed by atoms with Gasteiger partial charge in [-0.3, -0.25) is 14.5 Å². The number of rotatable bonds is 7. The van der Waals surface area contributed by atoms with Crippen LogP contribution in [0, 0.1) is 0 Å². The lowest BCUT2D eigenvalue weighted by Crippen LogP contribution is -2.86. The van der Waals surface area contributed by atoms with Crippen molar-refractivity contribution in [3.63, 3.8) is 0 Å². The van der Waals surface area contributed by atoms with Crippen molar-refractivity contribution in [2.24, 2.45) is 0 Å². The molecule has 1 aromatic carbocycles. The van der Waals surface area contributed by atoms with E-state index in [1.54, 1.807) is 6.07 Å². The summed E-state index contributed by atoms with van der Waals surface area (Å²) in [7, 11) is 0. The molecule has 4 amide bonds. The molecule has 2 aromatic rings. The molecule has 11 heteroatoms. The summed E-state index contributed by atoms with van der Waals surface area (Å²) in [5, 5.41) is 16.5. The maximum atomic E-state index is 13.1. The Morgan fingerprint density at radius 3 is 2.62 bits per heavy atom. The number of fused-ring (bicyclic) bond motifs is 1. The topological polar surface area (TPSA) is 141 Å². The van der Waals surface area contributed by atoms with Crippen LogP contribution in [0.1, 0.15) is 11.1 Å². The van der Waals surface area contributed by atoms with Gasteiger partial charge < -0.3 is 25.5 Å². The predicted molar refractivity (Wildman–Crippen MR) is 114 cm³/mol. The first-order chi connectivity index (χ1) is 15.4. The van der Waals surface area contributed by atoms with Crippen LogP contribution < -0.4 is 16.0 Å². The zero-order valence-electron chi connectivity index (χ0n) is 16.7. The van der Waals surface area contributed by atoms with Crippen LogP contribution in [0.5, 0.6) is 0 Å². The van der Waals surface area contributed by atoms with Gasteiger partial charge in [-0.05, 0) is 23.3 Å². The summed E-state index contributed by atoms with van der Waals surface area (Å²) in [4.78, 5) is 51.1. The van der Waals surface area contributed by atoms with Gasteiger partial charge in [-0.1, -0.05) is 30.3 Å². The molecule has 4 rings (SSSR count). The molecular formula is C21H20N4O6S. The zero-order chi connectivity index (χ0) is 22.7. The highest BCUT2D eigenvalue weighted by atomic mass is 32.2. The second-order valence-corrected chi connectivity index (χ2v) is 8.33. The summed E-state index contributed by atoms with van der Waals surface area (Å²) >= 11 is 1.24. The molecule has 0 bridgehead atoms. The Labute approximate surface area is 187 Å². The van der Waals surface area contributed by atoms with E-state index in [1.807, 2.05) is 30.3 Å². The van der Waals surface area contributed by atoms with E-state index in [9.17, 15) is 24.3 Å². The number of carbonyl (C=O) groups excluding carboxylic acids is 3. The van der Waals surface area contributed by atoms with Crippen LogP contribution in [0.15, 0.2) is 65.1 Å². The molecular weight excluding hydrogens is 436 g/mol. The third-order valence-electron chi connectivity index (χ3n) is 5.06. The first-order valence-corrected chi connectivity index (χ1v) is 10.8. The van der Waals surface area contributed by atoms with Crippen LogP contribution in [0.2, 0.25) is 0 Å². The first kappa shape index (κ1) is 21.5. The number of nitrogens with one attached hydrogen (secondary N) is 3. The van der Waals surface area contributed by atoms with Gasteiger partial charge in [-0.15, -0.1) is 11.8 Å². The molecule has 0 radical (unpaired) electrons. The minimum atomic E-state index is -1.78. The molecule has 10 nitrogen and oxygen atoms in total. The Morgan fingerprint density at radius 2 is 1.94 bits per heavy atom. The number of carboxylic acid groups (broad SMARTS) is 1. The second kappa shape index (κ2) is 8.79. The van der Waals surface area contributed by atoms with Crippen molar-refractivity contribution in [1.82, 2.24) is 20.9 Å². The molecule has 1 unspecified atom stereocenters. The minimum absolute atomic E-state index is 0.0716.